The van der Waals surface area contributed by atoms with Crippen molar-refractivity contribution in [1.82, 2.24) is 0 Å². The van der Waals surface area contributed by atoms with Crippen LogP contribution in [-0.2, 0) is 0 Å². The third kappa shape index (κ3) is 2.71. The van der Waals surface area contributed by atoms with Gasteiger partial charge in [0.05, 0.1) is 13.2 Å². The van der Waals surface area contributed by atoms with Gasteiger partial charge < -0.3 is 19.7 Å². The first kappa shape index (κ1) is 13.8. The molecule has 6 nitrogen and oxygen atoms in total. The van der Waals surface area contributed by atoms with Crippen LogP contribution in [0.25, 0.3) is 0 Å². The van der Waals surface area contributed by atoms with Crippen molar-refractivity contribution in [3.63, 3.8) is 0 Å². The van der Waals surface area contributed by atoms with E-state index in [9.17, 15) is 9.59 Å². The molecular weight excluding hydrogens is 240 g/mol. The fourth-order valence-corrected chi connectivity index (χ4v) is 1.47. The second-order valence-electron chi connectivity index (χ2n) is 3.30. The molecule has 1 aromatic carbocycles. The highest BCUT2D eigenvalue weighted by Gasteiger charge is 2.23. The van der Waals surface area contributed by atoms with Gasteiger partial charge in [0.25, 0.3) is 0 Å². The smallest absolute Gasteiger partial charge is 0.339 e. The van der Waals surface area contributed by atoms with Crippen LogP contribution in [-0.4, -0.2) is 35.4 Å². The largest absolute Gasteiger partial charge is 0.489 e. The van der Waals surface area contributed by atoms with Gasteiger partial charge in [-0.1, -0.05) is 0 Å². The van der Waals surface area contributed by atoms with Gasteiger partial charge >= 0.3 is 11.9 Å². The van der Waals surface area contributed by atoms with E-state index in [4.69, 9.17) is 19.7 Å². The molecule has 0 amide bonds. The maximum atomic E-state index is 11.1. The van der Waals surface area contributed by atoms with E-state index in [1.165, 1.54) is 12.1 Å². The van der Waals surface area contributed by atoms with Crippen LogP contribution in [0.4, 0.5) is 0 Å². The number of benzene rings is 1. The van der Waals surface area contributed by atoms with Crippen molar-refractivity contribution in [2.24, 2.45) is 0 Å². The number of carbonyl (C=O) groups is 2. The Balaban J connectivity index is 3.48. The van der Waals surface area contributed by atoms with E-state index in [1.807, 2.05) is 0 Å². The van der Waals surface area contributed by atoms with E-state index < -0.39 is 11.9 Å². The Hall–Kier alpha value is -2.24. The van der Waals surface area contributed by atoms with E-state index >= 15 is 0 Å². The molecule has 18 heavy (non-hydrogen) atoms. The van der Waals surface area contributed by atoms with Crippen LogP contribution in [0.1, 0.15) is 34.6 Å². The molecule has 2 N–H and O–H groups in total. The molecule has 0 aromatic heterocycles. The maximum absolute atomic E-state index is 11.1. The van der Waals surface area contributed by atoms with E-state index in [1.54, 1.807) is 13.8 Å². The fourth-order valence-electron chi connectivity index (χ4n) is 1.47. The summed E-state index contributed by atoms with van der Waals surface area (Å²) in [7, 11) is 0. The molecule has 0 radical (unpaired) electrons. The summed E-state index contributed by atoms with van der Waals surface area (Å²) in [4.78, 5) is 22.1. The Labute approximate surface area is 104 Å². The molecule has 0 unspecified atom stereocenters. The Kier molecular flexibility index (Phi) is 4.53. The van der Waals surface area contributed by atoms with Gasteiger partial charge in [-0.3, -0.25) is 0 Å². The van der Waals surface area contributed by atoms with Gasteiger partial charge in [-0.25, -0.2) is 9.59 Å². The minimum Gasteiger partial charge on any atom is -0.489 e. The Morgan fingerprint density at radius 1 is 0.944 bits per heavy atom. The van der Waals surface area contributed by atoms with Crippen LogP contribution in [0.15, 0.2) is 12.1 Å². The summed E-state index contributed by atoms with van der Waals surface area (Å²) in [6.07, 6.45) is 0. The highest BCUT2D eigenvalue weighted by atomic mass is 16.5. The molecule has 0 bridgehead atoms. The van der Waals surface area contributed by atoms with Crippen molar-refractivity contribution in [2.45, 2.75) is 13.8 Å². The zero-order valence-electron chi connectivity index (χ0n) is 10.1. The van der Waals surface area contributed by atoms with Crippen LogP contribution < -0.4 is 9.47 Å². The molecule has 0 fully saturated rings. The van der Waals surface area contributed by atoms with Crippen LogP contribution in [0.2, 0.25) is 0 Å². The van der Waals surface area contributed by atoms with Crippen molar-refractivity contribution in [2.75, 3.05) is 13.2 Å². The van der Waals surface area contributed by atoms with Crippen LogP contribution in [0, 0.1) is 0 Å². The summed E-state index contributed by atoms with van der Waals surface area (Å²) in [5.74, 6) is -2.49. The lowest BCUT2D eigenvalue weighted by Gasteiger charge is -2.15. The molecule has 0 aliphatic rings. The molecule has 0 spiro atoms. The van der Waals surface area contributed by atoms with Gasteiger partial charge in [-0.2, -0.15) is 0 Å². The van der Waals surface area contributed by atoms with Gasteiger partial charge in [0, 0.05) is 0 Å². The molecular formula is C12H14O6. The molecule has 0 heterocycles. The summed E-state index contributed by atoms with van der Waals surface area (Å²) in [5.41, 5.74) is -0.240. The monoisotopic (exact) mass is 254 g/mol. The summed E-state index contributed by atoms with van der Waals surface area (Å²) in [6, 6.07) is 2.39. The van der Waals surface area contributed by atoms with E-state index in [0.29, 0.717) is 0 Å². The number of ether oxygens (including phenoxy) is 2. The maximum Gasteiger partial charge on any atom is 0.339 e. The molecule has 0 aliphatic carbocycles. The van der Waals surface area contributed by atoms with Gasteiger partial charge in [0.15, 0.2) is 11.5 Å². The molecule has 98 valence electrons. The number of carboxylic acids is 2. The molecule has 6 heteroatoms. The van der Waals surface area contributed by atoms with Crippen LogP contribution in [0.3, 0.4) is 0 Å². The number of carboxylic acid groups (broad SMARTS) is 2. The molecule has 1 rings (SSSR count). The minimum absolute atomic E-state index is 0.0493. The molecule has 0 atom stereocenters. The van der Waals surface area contributed by atoms with Crippen molar-refractivity contribution in [3.05, 3.63) is 23.3 Å². The Bertz CT molecular complexity index is 423. The third-order valence-electron chi connectivity index (χ3n) is 2.15. The van der Waals surface area contributed by atoms with Gasteiger partial charge in [0.1, 0.15) is 11.1 Å². The lowest BCUT2D eigenvalue weighted by molar-refractivity contribution is 0.0672. The Morgan fingerprint density at radius 3 is 1.50 bits per heavy atom. The first-order chi connectivity index (χ1) is 8.52. The van der Waals surface area contributed by atoms with Gasteiger partial charge in [-0.05, 0) is 26.0 Å². The normalized spacial score (nSPS) is 9.89. The molecule has 1 aromatic rings. The van der Waals surface area contributed by atoms with Crippen LogP contribution in [0.5, 0.6) is 11.5 Å². The number of rotatable bonds is 6. The average Bonchev–Trinajstić information content (AvgIpc) is 2.30. The first-order valence-corrected chi connectivity index (χ1v) is 5.42. The van der Waals surface area contributed by atoms with Crippen molar-refractivity contribution >= 4 is 11.9 Å². The minimum atomic E-state index is -1.20. The standard InChI is InChI=1S/C12H14O6/c1-3-17-9-7(11(13)14)5-6-8(12(15)16)10(9)18-4-2/h5-6H,3-4H2,1-2H3,(H,13,14)(H,15,16). The summed E-state index contributed by atoms with van der Waals surface area (Å²) in [5, 5.41) is 18.1. The van der Waals surface area contributed by atoms with Crippen LogP contribution >= 0.6 is 0 Å². The third-order valence-corrected chi connectivity index (χ3v) is 2.15. The summed E-state index contributed by atoms with van der Waals surface area (Å²) >= 11 is 0. The second kappa shape index (κ2) is 5.90. The zero-order chi connectivity index (χ0) is 13.7. The van der Waals surface area contributed by atoms with Crippen molar-refractivity contribution < 1.29 is 29.3 Å². The summed E-state index contributed by atoms with van der Waals surface area (Å²) in [6.45, 7) is 3.77. The van der Waals surface area contributed by atoms with Crippen molar-refractivity contribution in [1.29, 1.82) is 0 Å². The topological polar surface area (TPSA) is 93.1 Å². The molecule has 0 aliphatic heterocycles. The zero-order valence-corrected chi connectivity index (χ0v) is 10.1. The lowest BCUT2D eigenvalue weighted by Crippen LogP contribution is -2.10. The quantitative estimate of drug-likeness (QED) is 0.805. The molecule has 0 saturated heterocycles. The van der Waals surface area contributed by atoms with E-state index in [2.05, 4.69) is 0 Å². The fraction of sp³-hybridized carbons (Fsp3) is 0.333. The van der Waals surface area contributed by atoms with Gasteiger partial charge in [-0.15, -0.1) is 0 Å². The first-order valence-electron chi connectivity index (χ1n) is 5.42. The van der Waals surface area contributed by atoms with Gasteiger partial charge in [0.2, 0.25) is 0 Å². The van der Waals surface area contributed by atoms with Crippen molar-refractivity contribution in [3.8, 4) is 11.5 Å². The predicted octanol–water partition coefficient (Wildman–Crippen LogP) is 1.88. The number of hydrogen-bond donors (Lipinski definition) is 2. The SMILES string of the molecule is CCOc1c(C(=O)O)ccc(C(=O)O)c1OCC. The summed E-state index contributed by atoms with van der Waals surface area (Å²) < 4.78 is 10.4. The van der Waals surface area contributed by atoms with E-state index in [0.717, 1.165) is 0 Å². The number of aromatic carboxylic acids is 2. The average molecular weight is 254 g/mol. The lowest BCUT2D eigenvalue weighted by atomic mass is 10.1. The second-order valence-corrected chi connectivity index (χ2v) is 3.30. The highest BCUT2D eigenvalue weighted by molar-refractivity contribution is 5.98. The Morgan fingerprint density at radius 2 is 1.28 bits per heavy atom. The number of hydrogen-bond acceptors (Lipinski definition) is 4. The molecule has 0 saturated carbocycles. The highest BCUT2D eigenvalue weighted by Crippen LogP contribution is 2.35. The van der Waals surface area contributed by atoms with E-state index in [-0.39, 0.29) is 35.8 Å². The predicted molar refractivity (Wildman–Crippen MR) is 62.7 cm³/mol.